The van der Waals surface area contributed by atoms with Gasteiger partial charge in [0, 0.05) is 28.9 Å². The van der Waals surface area contributed by atoms with Crippen LogP contribution < -0.4 is 9.46 Å². The predicted molar refractivity (Wildman–Crippen MR) is 156 cm³/mol. The molecule has 2 fully saturated rings. The van der Waals surface area contributed by atoms with Crippen LogP contribution in [0.4, 0.5) is 0 Å². The summed E-state index contributed by atoms with van der Waals surface area (Å²) in [5.74, 6) is 0.951. The lowest BCUT2D eigenvalue weighted by Crippen LogP contribution is -2.32. The van der Waals surface area contributed by atoms with Crippen molar-refractivity contribution in [3.05, 3.63) is 59.2 Å². The van der Waals surface area contributed by atoms with Crippen LogP contribution in [-0.2, 0) is 14.8 Å². The molecule has 2 aromatic heterocycles. The summed E-state index contributed by atoms with van der Waals surface area (Å²) in [4.78, 5) is 6.09. The van der Waals surface area contributed by atoms with Crippen LogP contribution in [0.25, 0.3) is 31.6 Å². The highest BCUT2D eigenvalue weighted by molar-refractivity contribution is 7.90. The molecule has 2 aromatic carbocycles. The molecule has 206 valence electrons. The molecule has 9 heteroatoms. The van der Waals surface area contributed by atoms with E-state index in [0.717, 1.165) is 52.1 Å². The molecule has 1 aliphatic heterocycles. The summed E-state index contributed by atoms with van der Waals surface area (Å²) in [6, 6.07) is 13.9. The molecule has 0 radical (unpaired) electrons. The molecule has 39 heavy (non-hydrogen) atoms. The third kappa shape index (κ3) is 5.18. The lowest BCUT2D eigenvalue weighted by molar-refractivity contribution is 0.0243. The standard InChI is InChI=1S/C30H34N2O5S2/c1-17-8-11-25(37-19(3)20-12-14-36-15-13-20)27-23(30(33)32-39(34,35)21-9-10-21)16-24(31-28(17)27)29-18(2)22-6-4-5-7-26(22)38-29/h4-8,11,16,19-21,30,32-33H,9-10,12-15H2,1-3H3/t19-,30?/m1/s1. The Balaban J connectivity index is 1.50. The van der Waals surface area contributed by atoms with Crippen molar-refractivity contribution in [2.75, 3.05) is 13.2 Å². The molecule has 6 rings (SSSR count). The van der Waals surface area contributed by atoms with E-state index in [-0.39, 0.29) is 6.10 Å². The summed E-state index contributed by atoms with van der Waals surface area (Å²) in [6.45, 7) is 7.57. The minimum atomic E-state index is -3.64. The number of rotatable bonds is 8. The minimum absolute atomic E-state index is 0.0718. The molecule has 0 bridgehead atoms. The van der Waals surface area contributed by atoms with Crippen LogP contribution in [0, 0.1) is 19.8 Å². The highest BCUT2D eigenvalue weighted by atomic mass is 32.2. The molecule has 1 saturated carbocycles. The van der Waals surface area contributed by atoms with Crippen molar-refractivity contribution >= 4 is 42.3 Å². The summed E-state index contributed by atoms with van der Waals surface area (Å²) in [6.07, 6.45) is 1.57. The fourth-order valence-corrected chi connectivity index (χ4v) is 8.05. The average Bonchev–Trinajstić information content (AvgIpc) is 3.75. The van der Waals surface area contributed by atoms with Gasteiger partial charge >= 0.3 is 0 Å². The second-order valence-corrected chi connectivity index (χ2v) is 13.8. The van der Waals surface area contributed by atoms with E-state index in [4.69, 9.17) is 14.5 Å². The molecule has 1 aliphatic carbocycles. The van der Waals surface area contributed by atoms with Gasteiger partial charge in [0.25, 0.3) is 0 Å². The number of nitrogens with zero attached hydrogens (tertiary/aromatic N) is 1. The van der Waals surface area contributed by atoms with Gasteiger partial charge in [-0.05, 0) is 87.1 Å². The van der Waals surface area contributed by atoms with Gasteiger partial charge < -0.3 is 14.6 Å². The first-order chi connectivity index (χ1) is 18.7. The predicted octanol–water partition coefficient (Wildman–Crippen LogP) is 6.00. The Kier molecular flexibility index (Phi) is 7.14. The SMILES string of the molecule is Cc1c(-c2cc(C(O)NS(=O)(=O)C3CC3)c3c(O[C@H](C)C4CCOCC4)ccc(C)c3n2)sc2ccccc12. The highest BCUT2D eigenvalue weighted by Gasteiger charge is 2.37. The smallest absolute Gasteiger partial charge is 0.216 e. The lowest BCUT2D eigenvalue weighted by atomic mass is 9.94. The third-order valence-corrected chi connectivity index (χ3v) is 11.2. The van der Waals surface area contributed by atoms with Crippen molar-refractivity contribution in [2.24, 2.45) is 5.92 Å². The van der Waals surface area contributed by atoms with Gasteiger partial charge in [-0.25, -0.2) is 13.4 Å². The molecule has 7 nitrogen and oxygen atoms in total. The van der Waals surface area contributed by atoms with Crippen LogP contribution in [0.15, 0.2) is 42.5 Å². The van der Waals surface area contributed by atoms with Crippen molar-refractivity contribution in [1.82, 2.24) is 9.71 Å². The van der Waals surface area contributed by atoms with Gasteiger partial charge in [0.05, 0.1) is 27.4 Å². The molecule has 2 aliphatic rings. The highest BCUT2D eigenvalue weighted by Crippen LogP contribution is 2.42. The van der Waals surface area contributed by atoms with E-state index >= 15 is 0 Å². The van der Waals surface area contributed by atoms with Gasteiger partial charge in [0.2, 0.25) is 10.0 Å². The number of benzene rings is 2. The number of aliphatic hydroxyl groups excluding tert-OH is 1. The summed E-state index contributed by atoms with van der Waals surface area (Å²) in [5.41, 5.74) is 3.89. The van der Waals surface area contributed by atoms with Gasteiger partial charge in [-0.1, -0.05) is 24.3 Å². The number of ether oxygens (including phenoxy) is 2. The fourth-order valence-electron chi connectivity index (χ4n) is 5.50. The largest absolute Gasteiger partial charge is 0.490 e. The van der Waals surface area contributed by atoms with Gasteiger partial charge in [-0.2, -0.15) is 4.72 Å². The molecular weight excluding hydrogens is 532 g/mol. The van der Waals surface area contributed by atoms with E-state index in [1.54, 1.807) is 11.3 Å². The van der Waals surface area contributed by atoms with Crippen LogP contribution in [0.3, 0.4) is 0 Å². The van der Waals surface area contributed by atoms with Crippen LogP contribution >= 0.6 is 11.3 Å². The molecule has 3 heterocycles. The van der Waals surface area contributed by atoms with E-state index in [0.29, 0.717) is 46.7 Å². The maximum Gasteiger partial charge on any atom is 0.216 e. The number of thiophene rings is 1. The summed E-state index contributed by atoms with van der Waals surface area (Å²) in [5, 5.41) is 12.8. The van der Waals surface area contributed by atoms with Crippen LogP contribution in [0.1, 0.15) is 55.5 Å². The van der Waals surface area contributed by atoms with Crippen LogP contribution in [-0.4, -0.2) is 43.1 Å². The monoisotopic (exact) mass is 566 g/mol. The number of pyridine rings is 1. The van der Waals surface area contributed by atoms with Crippen molar-refractivity contribution in [2.45, 2.75) is 64.0 Å². The van der Waals surface area contributed by atoms with Crippen LogP contribution in [0.5, 0.6) is 5.75 Å². The summed E-state index contributed by atoms with van der Waals surface area (Å²) < 4.78 is 41.5. The van der Waals surface area contributed by atoms with Gasteiger partial charge in [-0.15, -0.1) is 11.3 Å². The number of nitrogens with one attached hydrogen (secondary N) is 1. The third-order valence-electron chi connectivity index (χ3n) is 8.01. The number of aryl methyl sites for hydroxylation is 2. The topological polar surface area (TPSA) is 97.8 Å². The molecule has 0 amide bonds. The van der Waals surface area contributed by atoms with Crippen molar-refractivity contribution < 1.29 is 23.0 Å². The maximum atomic E-state index is 12.8. The van der Waals surface area contributed by atoms with E-state index in [2.05, 4.69) is 30.7 Å². The van der Waals surface area contributed by atoms with Crippen molar-refractivity contribution in [3.8, 4) is 16.3 Å². The Bertz CT molecular complexity index is 1640. The van der Waals surface area contributed by atoms with E-state index in [1.807, 2.05) is 37.3 Å². The number of hydrogen-bond acceptors (Lipinski definition) is 7. The van der Waals surface area contributed by atoms with E-state index < -0.39 is 21.5 Å². The maximum absolute atomic E-state index is 12.8. The molecular formula is C30H34N2O5S2. The first-order valence-corrected chi connectivity index (χ1v) is 16.0. The van der Waals surface area contributed by atoms with Gasteiger partial charge in [-0.3, -0.25) is 0 Å². The van der Waals surface area contributed by atoms with Crippen molar-refractivity contribution in [3.63, 3.8) is 0 Å². The number of aromatic nitrogens is 1. The second kappa shape index (κ2) is 10.4. The quantitative estimate of drug-likeness (QED) is 0.254. The molecule has 1 unspecified atom stereocenters. The number of fused-ring (bicyclic) bond motifs is 2. The molecule has 0 spiro atoms. The molecule has 2 N–H and O–H groups in total. The second-order valence-electron chi connectivity index (χ2n) is 10.8. The summed E-state index contributed by atoms with van der Waals surface area (Å²) in [7, 11) is -3.64. The van der Waals surface area contributed by atoms with E-state index in [1.165, 1.54) is 0 Å². The Morgan fingerprint density at radius 3 is 2.56 bits per heavy atom. The normalized spacial score (nSPS) is 18.5. The molecule has 1 saturated heterocycles. The van der Waals surface area contributed by atoms with Crippen molar-refractivity contribution in [1.29, 1.82) is 0 Å². The number of aliphatic hydroxyl groups is 1. The number of hydrogen-bond donors (Lipinski definition) is 2. The Morgan fingerprint density at radius 1 is 1.10 bits per heavy atom. The van der Waals surface area contributed by atoms with Gasteiger partial charge in [0.15, 0.2) is 0 Å². The first kappa shape index (κ1) is 26.7. The average molecular weight is 567 g/mol. The zero-order valence-electron chi connectivity index (χ0n) is 22.4. The molecule has 2 atom stereocenters. The first-order valence-electron chi connectivity index (χ1n) is 13.6. The zero-order valence-corrected chi connectivity index (χ0v) is 24.1. The Labute approximate surface area is 233 Å². The van der Waals surface area contributed by atoms with Gasteiger partial charge in [0.1, 0.15) is 12.0 Å². The van der Waals surface area contributed by atoms with Crippen LogP contribution in [0.2, 0.25) is 0 Å². The Morgan fingerprint density at radius 2 is 1.85 bits per heavy atom. The summed E-state index contributed by atoms with van der Waals surface area (Å²) >= 11 is 1.65. The molecule has 4 aromatic rings. The minimum Gasteiger partial charge on any atom is -0.490 e. The zero-order chi connectivity index (χ0) is 27.3. The Hall–Kier alpha value is -2.56. The van der Waals surface area contributed by atoms with E-state index in [9.17, 15) is 13.5 Å². The lowest BCUT2D eigenvalue weighted by Gasteiger charge is -2.29. The fraction of sp³-hybridized carbons (Fsp3) is 0.433. The number of sulfonamides is 1.